The fraction of sp³-hybridized carbons (Fsp3) is 0.111. The molecule has 34 heavy (non-hydrogen) atoms. The number of aryl methyl sites for hydroxylation is 3. The van der Waals surface area contributed by atoms with Gasteiger partial charge >= 0.3 is 0 Å². The van der Waals surface area contributed by atoms with Crippen molar-refractivity contribution in [3.05, 3.63) is 99.5 Å². The molecule has 2 aromatic carbocycles. The van der Waals surface area contributed by atoms with E-state index in [0.717, 1.165) is 27.7 Å². The topological polar surface area (TPSA) is 90.0 Å². The number of anilines is 1. The van der Waals surface area contributed by atoms with Gasteiger partial charge in [-0.15, -0.1) is 0 Å². The van der Waals surface area contributed by atoms with Crippen LogP contribution in [0.15, 0.2) is 76.1 Å². The van der Waals surface area contributed by atoms with Gasteiger partial charge < -0.3 is 9.73 Å². The molecule has 1 N–H and O–H groups in total. The summed E-state index contributed by atoms with van der Waals surface area (Å²) in [6, 6.07) is 17.0. The van der Waals surface area contributed by atoms with Crippen molar-refractivity contribution in [2.24, 2.45) is 0 Å². The number of aromatic nitrogens is 3. The van der Waals surface area contributed by atoms with Crippen LogP contribution in [0.2, 0.25) is 0 Å². The average Bonchev–Trinajstić information content (AvgIpc) is 3.19. The minimum absolute atomic E-state index is 0.189. The van der Waals surface area contributed by atoms with Crippen molar-refractivity contribution >= 4 is 39.7 Å². The fourth-order valence-corrected chi connectivity index (χ4v) is 3.91. The Kier molecular flexibility index (Phi) is 5.30. The number of pyridine rings is 1. The Balaban J connectivity index is 1.44. The molecule has 3 heterocycles. The van der Waals surface area contributed by atoms with Crippen molar-refractivity contribution in [3.63, 3.8) is 0 Å². The first-order valence-corrected chi connectivity index (χ1v) is 10.8. The number of carbonyl (C=O) groups is 1. The number of hydrogen-bond donors (Lipinski definition) is 1. The first-order chi connectivity index (χ1) is 16.4. The molecule has 0 saturated heterocycles. The van der Waals surface area contributed by atoms with E-state index in [1.54, 1.807) is 22.9 Å². The largest absolute Gasteiger partial charge is 0.463 e. The number of nitrogens with one attached hydrogen (secondary N) is 1. The highest BCUT2D eigenvalue weighted by atomic mass is 16.3. The molecule has 0 unspecified atom stereocenters. The second-order valence-electron chi connectivity index (χ2n) is 8.24. The summed E-state index contributed by atoms with van der Waals surface area (Å²) < 4.78 is 7.16. The maximum absolute atomic E-state index is 12.8. The number of nitrogens with zero attached hydrogens (tertiary/aromatic N) is 3. The molecule has 0 atom stereocenters. The maximum atomic E-state index is 12.8. The smallest absolute Gasteiger partial charge is 0.249 e. The lowest BCUT2D eigenvalue weighted by Crippen LogP contribution is -2.13. The third kappa shape index (κ3) is 3.99. The summed E-state index contributed by atoms with van der Waals surface area (Å²) in [4.78, 5) is 30.2. The standard InChI is InChI=1S/C27H22N4O3/c1-16-8-10-23-21(12-16)27(33)19(15-34-23)9-11-26(32)29-25-14-18(3)30-31(25)24-13-17(2)20-6-4-5-7-22(20)28-24/h4-15H,1-3H3,(H,29,32)/b11-9+. The number of carbonyl (C=O) groups excluding carboxylic acids is 1. The van der Waals surface area contributed by atoms with Crippen LogP contribution < -0.4 is 10.7 Å². The highest BCUT2D eigenvalue weighted by Gasteiger charge is 2.13. The third-order valence-electron chi connectivity index (χ3n) is 5.58. The average molecular weight is 450 g/mol. The van der Waals surface area contributed by atoms with E-state index in [9.17, 15) is 9.59 Å². The minimum Gasteiger partial charge on any atom is -0.463 e. The van der Waals surface area contributed by atoms with Crippen LogP contribution in [-0.4, -0.2) is 20.7 Å². The van der Waals surface area contributed by atoms with Gasteiger partial charge in [-0.3, -0.25) is 9.59 Å². The van der Waals surface area contributed by atoms with Gasteiger partial charge in [0, 0.05) is 17.5 Å². The van der Waals surface area contributed by atoms with Crippen molar-refractivity contribution < 1.29 is 9.21 Å². The number of para-hydroxylation sites is 1. The van der Waals surface area contributed by atoms with Crippen LogP contribution in [0.3, 0.4) is 0 Å². The summed E-state index contributed by atoms with van der Waals surface area (Å²) in [5.74, 6) is 0.687. The molecule has 0 spiro atoms. The predicted molar refractivity (Wildman–Crippen MR) is 133 cm³/mol. The van der Waals surface area contributed by atoms with Gasteiger partial charge in [0.15, 0.2) is 11.2 Å². The molecule has 0 bridgehead atoms. The van der Waals surface area contributed by atoms with Crippen molar-refractivity contribution in [2.75, 3.05) is 5.32 Å². The van der Waals surface area contributed by atoms with Gasteiger partial charge in [-0.2, -0.15) is 9.78 Å². The van der Waals surface area contributed by atoms with Gasteiger partial charge in [0.2, 0.25) is 5.91 Å². The maximum Gasteiger partial charge on any atom is 0.249 e. The van der Waals surface area contributed by atoms with Crippen LogP contribution >= 0.6 is 0 Å². The Hall–Kier alpha value is -4.52. The lowest BCUT2D eigenvalue weighted by Gasteiger charge is -2.10. The number of fused-ring (bicyclic) bond motifs is 2. The quantitative estimate of drug-likeness (QED) is 0.385. The van der Waals surface area contributed by atoms with Crippen LogP contribution in [0, 0.1) is 20.8 Å². The van der Waals surface area contributed by atoms with Crippen LogP contribution in [0.25, 0.3) is 33.8 Å². The van der Waals surface area contributed by atoms with Crippen LogP contribution in [0.5, 0.6) is 0 Å². The van der Waals surface area contributed by atoms with Gasteiger partial charge in [-0.1, -0.05) is 29.8 Å². The van der Waals surface area contributed by atoms with Crippen molar-refractivity contribution in [1.29, 1.82) is 0 Å². The zero-order valence-electron chi connectivity index (χ0n) is 19.0. The van der Waals surface area contributed by atoms with Gasteiger partial charge in [0.25, 0.3) is 0 Å². The molecular formula is C27H22N4O3. The van der Waals surface area contributed by atoms with Gasteiger partial charge in [-0.25, -0.2) is 4.98 Å². The SMILES string of the molecule is Cc1ccc2occ(/C=C/C(=O)Nc3cc(C)nn3-c3cc(C)c4ccccc4n3)c(=O)c2c1. The van der Waals surface area contributed by atoms with Crippen molar-refractivity contribution in [2.45, 2.75) is 20.8 Å². The highest BCUT2D eigenvalue weighted by molar-refractivity contribution is 6.01. The van der Waals surface area contributed by atoms with Gasteiger partial charge in [0.1, 0.15) is 17.7 Å². The molecule has 0 aliphatic carbocycles. The van der Waals surface area contributed by atoms with E-state index in [-0.39, 0.29) is 5.43 Å². The summed E-state index contributed by atoms with van der Waals surface area (Å²) in [5, 5.41) is 8.89. The Labute approximate surface area is 195 Å². The Morgan fingerprint density at radius 2 is 1.85 bits per heavy atom. The number of benzene rings is 2. The zero-order chi connectivity index (χ0) is 23.8. The van der Waals surface area contributed by atoms with E-state index >= 15 is 0 Å². The van der Waals surface area contributed by atoms with E-state index in [1.807, 2.05) is 57.2 Å². The summed E-state index contributed by atoms with van der Waals surface area (Å²) in [5.41, 5.74) is 4.22. The first-order valence-electron chi connectivity index (χ1n) is 10.8. The fourth-order valence-electron chi connectivity index (χ4n) is 3.91. The normalized spacial score (nSPS) is 11.5. The van der Waals surface area contributed by atoms with E-state index in [2.05, 4.69) is 10.4 Å². The molecule has 5 aromatic rings. The van der Waals surface area contributed by atoms with E-state index in [0.29, 0.717) is 28.2 Å². The molecule has 5 rings (SSSR count). The van der Waals surface area contributed by atoms with Crippen LogP contribution in [0.1, 0.15) is 22.4 Å². The van der Waals surface area contributed by atoms with Crippen LogP contribution in [-0.2, 0) is 4.79 Å². The molecule has 0 radical (unpaired) electrons. The highest BCUT2D eigenvalue weighted by Crippen LogP contribution is 2.22. The van der Waals surface area contributed by atoms with E-state index in [1.165, 1.54) is 18.4 Å². The molecule has 168 valence electrons. The molecule has 0 saturated carbocycles. The second-order valence-corrected chi connectivity index (χ2v) is 8.24. The minimum atomic E-state index is -0.401. The molecule has 0 aliphatic heterocycles. The van der Waals surface area contributed by atoms with Gasteiger partial charge in [0.05, 0.1) is 22.2 Å². The molecule has 0 fully saturated rings. The third-order valence-corrected chi connectivity index (χ3v) is 5.58. The lowest BCUT2D eigenvalue weighted by atomic mass is 10.1. The Morgan fingerprint density at radius 3 is 2.71 bits per heavy atom. The van der Waals surface area contributed by atoms with E-state index in [4.69, 9.17) is 9.40 Å². The zero-order valence-corrected chi connectivity index (χ0v) is 19.0. The van der Waals surface area contributed by atoms with E-state index < -0.39 is 5.91 Å². The summed E-state index contributed by atoms with van der Waals surface area (Å²) in [6.07, 6.45) is 4.12. The van der Waals surface area contributed by atoms with Crippen molar-refractivity contribution in [1.82, 2.24) is 14.8 Å². The molecular weight excluding hydrogens is 428 g/mol. The molecule has 3 aromatic heterocycles. The Bertz CT molecular complexity index is 1660. The van der Waals surface area contributed by atoms with Crippen molar-refractivity contribution in [3.8, 4) is 5.82 Å². The predicted octanol–water partition coefficient (Wildman–Crippen LogP) is 5.10. The molecule has 7 nitrogen and oxygen atoms in total. The molecule has 0 aliphatic rings. The van der Waals surface area contributed by atoms with Gasteiger partial charge in [-0.05, 0) is 56.7 Å². The number of hydrogen-bond acceptors (Lipinski definition) is 5. The van der Waals surface area contributed by atoms with Crippen LogP contribution in [0.4, 0.5) is 5.82 Å². The summed E-state index contributed by atoms with van der Waals surface area (Å²) >= 11 is 0. The summed E-state index contributed by atoms with van der Waals surface area (Å²) in [7, 11) is 0. The Morgan fingerprint density at radius 1 is 1.03 bits per heavy atom. The first kappa shape index (κ1) is 21.3. The molecule has 1 amide bonds. The summed E-state index contributed by atoms with van der Waals surface area (Å²) in [6.45, 7) is 5.77. The lowest BCUT2D eigenvalue weighted by molar-refractivity contribution is -0.111. The second kappa shape index (κ2) is 8.44. The number of amides is 1. The monoisotopic (exact) mass is 450 g/mol. The number of rotatable bonds is 4. The molecule has 7 heteroatoms.